The third kappa shape index (κ3) is 5.23. The summed E-state index contributed by atoms with van der Waals surface area (Å²) >= 11 is 0. The minimum Gasteiger partial charge on any atom is -0.384 e. The van der Waals surface area contributed by atoms with Gasteiger partial charge >= 0.3 is 6.18 Å². The standard InChI is InChI=1S/C26H19F3N4O2/c1-16-12-23(33(32-16)22-11-5-9-20(15-22)30-2)25(35)31-21-10-4-7-18(14-21)24(34)17-6-3-8-19(13-17)26(27,28)29/h3-15,24,34H,1H3,(H,31,35). The Hall–Kier alpha value is -4.42. The number of nitrogens with one attached hydrogen (secondary N) is 1. The van der Waals surface area contributed by atoms with Gasteiger partial charge < -0.3 is 10.4 Å². The van der Waals surface area contributed by atoms with Crippen LogP contribution in [-0.2, 0) is 6.18 Å². The highest BCUT2D eigenvalue weighted by Gasteiger charge is 2.31. The molecule has 3 aromatic carbocycles. The van der Waals surface area contributed by atoms with Gasteiger partial charge in [-0.3, -0.25) is 4.79 Å². The number of aryl methyl sites for hydroxylation is 1. The molecular weight excluding hydrogens is 457 g/mol. The first-order chi connectivity index (χ1) is 16.7. The largest absolute Gasteiger partial charge is 0.416 e. The van der Waals surface area contributed by atoms with Crippen molar-refractivity contribution < 1.29 is 23.1 Å². The lowest BCUT2D eigenvalue weighted by Crippen LogP contribution is -2.17. The number of anilines is 1. The number of carbonyl (C=O) groups excluding carboxylic acids is 1. The molecule has 2 N–H and O–H groups in total. The highest BCUT2D eigenvalue weighted by Crippen LogP contribution is 2.32. The number of aliphatic hydroxyl groups excluding tert-OH is 1. The summed E-state index contributed by atoms with van der Waals surface area (Å²) < 4.78 is 40.6. The molecule has 6 nitrogen and oxygen atoms in total. The van der Waals surface area contributed by atoms with Crippen molar-refractivity contribution in [1.29, 1.82) is 0 Å². The number of carbonyl (C=O) groups is 1. The molecule has 1 atom stereocenters. The van der Waals surface area contributed by atoms with E-state index in [-0.39, 0.29) is 11.3 Å². The highest BCUT2D eigenvalue weighted by molar-refractivity contribution is 6.03. The van der Waals surface area contributed by atoms with E-state index in [9.17, 15) is 23.1 Å². The summed E-state index contributed by atoms with van der Waals surface area (Å²) in [5, 5.41) is 17.8. The zero-order valence-electron chi connectivity index (χ0n) is 18.4. The quantitative estimate of drug-likeness (QED) is 0.343. The number of halogens is 3. The molecule has 9 heteroatoms. The topological polar surface area (TPSA) is 71.5 Å². The molecule has 0 radical (unpaired) electrons. The molecule has 1 heterocycles. The second-order valence-corrected chi connectivity index (χ2v) is 7.82. The van der Waals surface area contributed by atoms with Crippen molar-refractivity contribution in [2.45, 2.75) is 19.2 Å². The minimum atomic E-state index is -4.53. The summed E-state index contributed by atoms with van der Waals surface area (Å²) in [7, 11) is 0. The second kappa shape index (κ2) is 9.44. The van der Waals surface area contributed by atoms with Gasteiger partial charge in [0.15, 0.2) is 5.69 Å². The number of hydrogen-bond acceptors (Lipinski definition) is 3. The van der Waals surface area contributed by atoms with Crippen molar-refractivity contribution in [1.82, 2.24) is 9.78 Å². The SMILES string of the molecule is [C-]#[N+]c1cccc(-n2nc(C)cc2C(=O)Nc2cccc(C(O)c3cccc(C(F)(F)F)c3)c2)c1. The fourth-order valence-corrected chi connectivity index (χ4v) is 3.61. The smallest absolute Gasteiger partial charge is 0.384 e. The molecular formula is C26H19F3N4O2. The molecule has 0 spiro atoms. The summed E-state index contributed by atoms with van der Waals surface area (Å²) in [6.07, 6.45) is -5.85. The van der Waals surface area contributed by atoms with Crippen molar-refractivity contribution in [2.24, 2.45) is 0 Å². The Morgan fingerprint density at radius 1 is 1.03 bits per heavy atom. The maximum Gasteiger partial charge on any atom is 0.416 e. The van der Waals surface area contributed by atoms with Gasteiger partial charge in [-0.1, -0.05) is 36.4 Å². The van der Waals surface area contributed by atoms with Crippen molar-refractivity contribution in [3.63, 3.8) is 0 Å². The lowest BCUT2D eigenvalue weighted by molar-refractivity contribution is -0.137. The van der Waals surface area contributed by atoms with Crippen LogP contribution in [0.2, 0.25) is 0 Å². The van der Waals surface area contributed by atoms with Crippen LogP contribution >= 0.6 is 0 Å². The number of amides is 1. The average molecular weight is 476 g/mol. The first kappa shape index (κ1) is 23.7. The molecule has 4 rings (SSSR count). The molecule has 0 bridgehead atoms. The van der Waals surface area contributed by atoms with Gasteiger partial charge in [-0.15, -0.1) is 0 Å². The number of nitrogens with zero attached hydrogens (tertiary/aromatic N) is 3. The average Bonchev–Trinajstić information content (AvgIpc) is 3.25. The Morgan fingerprint density at radius 2 is 1.71 bits per heavy atom. The van der Waals surface area contributed by atoms with Crippen molar-refractivity contribution in [3.8, 4) is 5.69 Å². The lowest BCUT2D eigenvalue weighted by Gasteiger charge is -2.15. The molecule has 0 saturated carbocycles. The highest BCUT2D eigenvalue weighted by atomic mass is 19.4. The van der Waals surface area contributed by atoms with Crippen molar-refractivity contribution >= 4 is 17.3 Å². The fraction of sp³-hybridized carbons (Fsp3) is 0.115. The van der Waals surface area contributed by atoms with Crippen LogP contribution in [0.3, 0.4) is 0 Å². The number of benzene rings is 3. The predicted molar refractivity (Wildman–Crippen MR) is 124 cm³/mol. The number of hydrogen-bond donors (Lipinski definition) is 2. The normalized spacial score (nSPS) is 12.1. The van der Waals surface area contributed by atoms with E-state index in [4.69, 9.17) is 6.57 Å². The van der Waals surface area contributed by atoms with E-state index >= 15 is 0 Å². The van der Waals surface area contributed by atoms with Gasteiger partial charge in [0.05, 0.1) is 23.5 Å². The van der Waals surface area contributed by atoms with E-state index < -0.39 is 23.8 Å². The Bertz CT molecular complexity index is 1440. The lowest BCUT2D eigenvalue weighted by atomic mass is 9.99. The number of rotatable bonds is 5. The minimum absolute atomic E-state index is 0.0803. The van der Waals surface area contributed by atoms with E-state index in [0.717, 1.165) is 12.1 Å². The molecule has 1 aromatic heterocycles. The van der Waals surface area contributed by atoms with Gasteiger partial charge in [0.25, 0.3) is 5.91 Å². The maximum atomic E-state index is 13.1. The van der Waals surface area contributed by atoms with Crippen LogP contribution in [-0.4, -0.2) is 20.8 Å². The number of aliphatic hydroxyl groups is 1. The predicted octanol–water partition coefficient (Wildman–Crippen LogP) is 6.08. The fourth-order valence-electron chi connectivity index (χ4n) is 3.61. The van der Waals surface area contributed by atoms with Crippen LogP contribution in [0.25, 0.3) is 10.5 Å². The van der Waals surface area contributed by atoms with Crippen LogP contribution in [0.1, 0.15) is 39.0 Å². The first-order valence-corrected chi connectivity index (χ1v) is 10.5. The maximum absolute atomic E-state index is 13.1. The zero-order valence-corrected chi connectivity index (χ0v) is 18.4. The molecule has 0 aliphatic carbocycles. The van der Waals surface area contributed by atoms with E-state index in [1.807, 2.05) is 0 Å². The van der Waals surface area contributed by atoms with Crippen LogP contribution < -0.4 is 5.32 Å². The van der Waals surface area contributed by atoms with Gasteiger partial charge in [-0.2, -0.15) is 18.3 Å². The van der Waals surface area contributed by atoms with E-state index in [1.165, 1.54) is 22.9 Å². The molecule has 4 aromatic rings. The van der Waals surface area contributed by atoms with Gasteiger partial charge in [0.2, 0.25) is 0 Å². The molecule has 0 aliphatic heterocycles. The third-order valence-corrected chi connectivity index (χ3v) is 5.26. The van der Waals surface area contributed by atoms with Crippen molar-refractivity contribution in [3.05, 3.63) is 118 Å². The Balaban J connectivity index is 1.59. The van der Waals surface area contributed by atoms with Crippen LogP contribution in [0.5, 0.6) is 0 Å². The molecule has 1 amide bonds. The Labute approximate surface area is 199 Å². The van der Waals surface area contributed by atoms with Gasteiger partial charge in [0.1, 0.15) is 11.8 Å². The summed E-state index contributed by atoms with van der Waals surface area (Å²) in [6, 6.07) is 19.0. The first-order valence-electron chi connectivity index (χ1n) is 10.5. The molecule has 176 valence electrons. The summed E-state index contributed by atoms with van der Waals surface area (Å²) in [6.45, 7) is 8.93. The number of alkyl halides is 3. The third-order valence-electron chi connectivity index (χ3n) is 5.26. The van der Waals surface area contributed by atoms with Gasteiger partial charge in [-0.05, 0) is 60.5 Å². The number of aromatic nitrogens is 2. The van der Waals surface area contributed by atoms with E-state index in [2.05, 4.69) is 15.3 Å². The second-order valence-electron chi connectivity index (χ2n) is 7.82. The van der Waals surface area contributed by atoms with Crippen LogP contribution in [0.15, 0.2) is 78.9 Å². The van der Waals surface area contributed by atoms with E-state index in [1.54, 1.807) is 55.5 Å². The van der Waals surface area contributed by atoms with Crippen LogP contribution in [0.4, 0.5) is 24.5 Å². The van der Waals surface area contributed by atoms with Gasteiger partial charge in [0, 0.05) is 5.69 Å². The van der Waals surface area contributed by atoms with E-state index in [0.29, 0.717) is 28.3 Å². The van der Waals surface area contributed by atoms with Crippen LogP contribution in [0, 0.1) is 13.5 Å². The molecule has 0 fully saturated rings. The zero-order chi connectivity index (χ0) is 25.2. The molecule has 0 aliphatic rings. The summed E-state index contributed by atoms with van der Waals surface area (Å²) in [5.41, 5.74) is 1.66. The Kier molecular flexibility index (Phi) is 6.40. The molecule has 1 unspecified atom stereocenters. The molecule has 35 heavy (non-hydrogen) atoms. The summed E-state index contributed by atoms with van der Waals surface area (Å²) in [4.78, 5) is 16.5. The van der Waals surface area contributed by atoms with Crippen molar-refractivity contribution in [2.75, 3.05) is 5.32 Å². The summed E-state index contributed by atoms with van der Waals surface area (Å²) in [5.74, 6) is -0.482. The Morgan fingerprint density at radius 3 is 2.43 bits per heavy atom. The van der Waals surface area contributed by atoms with Gasteiger partial charge in [-0.25, -0.2) is 9.53 Å². The monoisotopic (exact) mass is 476 g/mol. The molecule has 0 saturated heterocycles.